The van der Waals surface area contributed by atoms with Crippen LogP contribution >= 0.6 is 0 Å². The fraction of sp³-hybridized carbons (Fsp3) is 0.222. The first-order valence-corrected chi connectivity index (χ1v) is 7.25. The summed E-state index contributed by atoms with van der Waals surface area (Å²) in [5.74, 6) is -9.17. The molecule has 0 aromatic heterocycles. The molecule has 8 heteroatoms. The summed E-state index contributed by atoms with van der Waals surface area (Å²) in [6, 6.07) is 2.95. The molecular formula is C18H10F6N2. The molecular weight excluding hydrogens is 358 g/mol. The predicted octanol–water partition coefficient (Wildman–Crippen LogP) is 4.94. The maximum atomic E-state index is 14.8. The van der Waals surface area contributed by atoms with E-state index in [0.29, 0.717) is 0 Å². The molecule has 2 nitrogen and oxygen atoms in total. The quantitative estimate of drug-likeness (QED) is 0.569. The third kappa shape index (κ3) is 2.78. The third-order valence-corrected chi connectivity index (χ3v) is 4.05. The molecule has 0 aliphatic rings. The summed E-state index contributed by atoms with van der Waals surface area (Å²) in [7, 11) is 0. The normalized spacial score (nSPS) is 10.5. The van der Waals surface area contributed by atoms with Crippen LogP contribution in [0.2, 0.25) is 0 Å². The van der Waals surface area contributed by atoms with Gasteiger partial charge in [0.05, 0.1) is 25.0 Å². The number of rotatable bonds is 3. The number of benzene rings is 2. The van der Waals surface area contributed by atoms with Crippen LogP contribution in [0.5, 0.6) is 0 Å². The monoisotopic (exact) mass is 368 g/mol. The molecule has 0 atom stereocenters. The van der Waals surface area contributed by atoms with Gasteiger partial charge in [0.2, 0.25) is 0 Å². The van der Waals surface area contributed by atoms with Crippen molar-refractivity contribution in [3.8, 4) is 23.3 Å². The van der Waals surface area contributed by atoms with Gasteiger partial charge < -0.3 is 0 Å². The number of nitriles is 2. The van der Waals surface area contributed by atoms with Gasteiger partial charge in [-0.3, -0.25) is 0 Å². The summed E-state index contributed by atoms with van der Waals surface area (Å²) < 4.78 is 85.6. The molecule has 2 aromatic rings. The van der Waals surface area contributed by atoms with Crippen LogP contribution in [0, 0.1) is 71.4 Å². The van der Waals surface area contributed by atoms with Crippen molar-refractivity contribution in [1.29, 1.82) is 10.5 Å². The highest BCUT2D eigenvalue weighted by atomic mass is 19.2. The molecule has 0 amide bonds. The van der Waals surface area contributed by atoms with E-state index in [1.165, 1.54) is 12.1 Å². The minimum atomic E-state index is -1.62. The molecule has 2 aromatic carbocycles. The van der Waals surface area contributed by atoms with Crippen molar-refractivity contribution in [1.82, 2.24) is 0 Å². The van der Waals surface area contributed by atoms with Crippen LogP contribution in [0.1, 0.15) is 22.3 Å². The average molecular weight is 368 g/mol. The van der Waals surface area contributed by atoms with E-state index in [2.05, 4.69) is 0 Å². The first-order valence-electron chi connectivity index (χ1n) is 7.25. The van der Waals surface area contributed by atoms with Crippen LogP contribution in [0.15, 0.2) is 0 Å². The second kappa shape index (κ2) is 7.09. The van der Waals surface area contributed by atoms with Crippen LogP contribution in [-0.2, 0) is 12.8 Å². The Labute approximate surface area is 144 Å². The van der Waals surface area contributed by atoms with Gasteiger partial charge in [-0.05, 0) is 19.4 Å². The van der Waals surface area contributed by atoms with Crippen LogP contribution < -0.4 is 0 Å². The van der Waals surface area contributed by atoms with Crippen LogP contribution in [0.25, 0.3) is 11.1 Å². The molecule has 0 N–H and O–H groups in total. The van der Waals surface area contributed by atoms with Gasteiger partial charge in [-0.25, -0.2) is 26.3 Å². The SMILES string of the molecule is Cc1c(F)c(F)c(CC#N)c(-c2c(C)c(F)c(F)c(CC#N)c2F)c1F. The van der Waals surface area contributed by atoms with Gasteiger partial charge >= 0.3 is 0 Å². The largest absolute Gasteiger partial charge is 0.206 e. The van der Waals surface area contributed by atoms with Gasteiger partial charge in [0.25, 0.3) is 0 Å². The Morgan fingerprint density at radius 1 is 0.577 bits per heavy atom. The molecule has 0 spiro atoms. The van der Waals surface area contributed by atoms with E-state index in [4.69, 9.17) is 10.5 Å². The summed E-state index contributed by atoms with van der Waals surface area (Å²) in [5.41, 5.74) is -4.98. The van der Waals surface area contributed by atoms with Crippen molar-refractivity contribution in [2.24, 2.45) is 0 Å². The Morgan fingerprint density at radius 2 is 1.04 bits per heavy atom. The zero-order valence-electron chi connectivity index (χ0n) is 13.6. The number of hydrogen-bond donors (Lipinski definition) is 0. The molecule has 2 rings (SSSR count). The Hall–Kier alpha value is -3.00. The van der Waals surface area contributed by atoms with E-state index in [1.807, 2.05) is 0 Å². The number of hydrogen-bond acceptors (Lipinski definition) is 2. The maximum absolute atomic E-state index is 14.8. The van der Waals surface area contributed by atoms with E-state index in [-0.39, 0.29) is 0 Å². The summed E-state index contributed by atoms with van der Waals surface area (Å²) in [4.78, 5) is 0. The van der Waals surface area contributed by atoms with Gasteiger partial charge in [0.1, 0.15) is 11.6 Å². The second-order valence-electron chi connectivity index (χ2n) is 5.51. The van der Waals surface area contributed by atoms with Crippen molar-refractivity contribution in [3.63, 3.8) is 0 Å². The number of halogens is 6. The highest BCUT2D eigenvalue weighted by Crippen LogP contribution is 2.39. The molecule has 0 aliphatic heterocycles. The molecule has 0 unspecified atom stereocenters. The van der Waals surface area contributed by atoms with E-state index < -0.39 is 81.1 Å². The molecule has 0 heterocycles. The molecule has 0 radical (unpaired) electrons. The molecule has 0 bridgehead atoms. The van der Waals surface area contributed by atoms with Crippen molar-refractivity contribution < 1.29 is 26.3 Å². The fourth-order valence-corrected chi connectivity index (χ4v) is 2.68. The van der Waals surface area contributed by atoms with Gasteiger partial charge in [-0.15, -0.1) is 0 Å². The third-order valence-electron chi connectivity index (χ3n) is 4.05. The molecule has 26 heavy (non-hydrogen) atoms. The van der Waals surface area contributed by atoms with Gasteiger partial charge in [-0.2, -0.15) is 10.5 Å². The molecule has 0 saturated carbocycles. The summed E-state index contributed by atoms with van der Waals surface area (Å²) in [6.45, 7) is 1.82. The van der Waals surface area contributed by atoms with Gasteiger partial charge in [-0.1, -0.05) is 0 Å². The smallest absolute Gasteiger partial charge is 0.166 e. The zero-order chi connectivity index (χ0) is 19.8. The van der Waals surface area contributed by atoms with Crippen molar-refractivity contribution in [3.05, 3.63) is 57.2 Å². The highest BCUT2D eigenvalue weighted by molar-refractivity contribution is 5.74. The Bertz CT molecular complexity index is 999. The van der Waals surface area contributed by atoms with E-state index in [1.54, 1.807) is 0 Å². The molecule has 0 aliphatic carbocycles. The lowest BCUT2D eigenvalue weighted by molar-refractivity contribution is 0.474. The van der Waals surface area contributed by atoms with E-state index >= 15 is 0 Å². The number of nitrogens with zero attached hydrogens (tertiary/aromatic N) is 2. The minimum absolute atomic E-state index is 0.690. The molecule has 0 saturated heterocycles. The van der Waals surface area contributed by atoms with Crippen molar-refractivity contribution in [2.45, 2.75) is 26.7 Å². The minimum Gasteiger partial charge on any atom is -0.206 e. The Morgan fingerprint density at radius 3 is 1.58 bits per heavy atom. The lowest BCUT2D eigenvalue weighted by atomic mass is 9.89. The lowest BCUT2D eigenvalue weighted by Gasteiger charge is -2.18. The zero-order valence-corrected chi connectivity index (χ0v) is 13.6. The average Bonchev–Trinajstić information content (AvgIpc) is 2.62. The highest BCUT2D eigenvalue weighted by Gasteiger charge is 2.30. The first-order chi connectivity index (χ1) is 12.2. The molecule has 0 fully saturated rings. The maximum Gasteiger partial charge on any atom is 0.166 e. The fourth-order valence-electron chi connectivity index (χ4n) is 2.68. The summed E-state index contributed by atoms with van der Waals surface area (Å²) in [6.07, 6.45) is -1.69. The Balaban J connectivity index is 3.08. The van der Waals surface area contributed by atoms with Crippen molar-refractivity contribution in [2.75, 3.05) is 0 Å². The van der Waals surface area contributed by atoms with Crippen LogP contribution in [0.4, 0.5) is 26.3 Å². The van der Waals surface area contributed by atoms with E-state index in [0.717, 1.165) is 13.8 Å². The van der Waals surface area contributed by atoms with Gasteiger partial charge in [0.15, 0.2) is 23.3 Å². The molecule has 134 valence electrons. The summed E-state index contributed by atoms with van der Waals surface area (Å²) in [5, 5.41) is 17.5. The predicted molar refractivity (Wildman–Crippen MR) is 79.7 cm³/mol. The van der Waals surface area contributed by atoms with Crippen molar-refractivity contribution >= 4 is 0 Å². The standard InChI is InChI=1S/C18H10F6N2/c1-7-11(16(22)10(4-6-26)18(24)14(7)20)12-9(3-5-25)17(23)15(21)8(2)13(12)19/h3-4H2,1-2H3. The van der Waals surface area contributed by atoms with Gasteiger partial charge in [0, 0.05) is 27.8 Å². The Kier molecular flexibility index (Phi) is 5.27. The summed E-state index contributed by atoms with van der Waals surface area (Å²) >= 11 is 0. The topological polar surface area (TPSA) is 47.6 Å². The second-order valence-corrected chi connectivity index (χ2v) is 5.51. The van der Waals surface area contributed by atoms with Crippen LogP contribution in [-0.4, -0.2) is 0 Å². The van der Waals surface area contributed by atoms with E-state index in [9.17, 15) is 26.3 Å². The lowest BCUT2D eigenvalue weighted by Crippen LogP contribution is -2.10. The first kappa shape index (κ1) is 19.3. The van der Waals surface area contributed by atoms with Crippen LogP contribution in [0.3, 0.4) is 0 Å².